The molecule has 2 aliphatic rings. The Morgan fingerprint density at radius 1 is 1.21 bits per heavy atom. The van der Waals surface area contributed by atoms with E-state index in [1.54, 1.807) is 0 Å². The van der Waals surface area contributed by atoms with Crippen molar-refractivity contribution in [1.82, 2.24) is 9.97 Å². The SMILES string of the molecule is NNc1cc(C2CCCC2)nc(N2CCOCC2)n1. The first kappa shape index (κ1) is 12.6. The number of anilines is 2. The number of hydrazine groups is 1. The number of rotatable bonds is 3. The molecule has 19 heavy (non-hydrogen) atoms. The molecule has 0 amide bonds. The molecule has 2 heterocycles. The van der Waals surface area contributed by atoms with Crippen molar-refractivity contribution in [2.24, 2.45) is 5.84 Å². The molecule has 0 aromatic carbocycles. The number of morpholine rings is 1. The first-order valence-electron chi connectivity index (χ1n) is 7.05. The van der Waals surface area contributed by atoms with Crippen LogP contribution in [0.3, 0.4) is 0 Å². The van der Waals surface area contributed by atoms with Gasteiger partial charge in [0.2, 0.25) is 5.95 Å². The second-order valence-electron chi connectivity index (χ2n) is 5.20. The zero-order valence-corrected chi connectivity index (χ0v) is 11.1. The molecule has 104 valence electrons. The summed E-state index contributed by atoms with van der Waals surface area (Å²) in [4.78, 5) is 11.4. The van der Waals surface area contributed by atoms with Gasteiger partial charge in [-0.05, 0) is 12.8 Å². The van der Waals surface area contributed by atoms with Crippen molar-refractivity contribution in [1.29, 1.82) is 0 Å². The van der Waals surface area contributed by atoms with Crippen LogP contribution in [0.25, 0.3) is 0 Å². The van der Waals surface area contributed by atoms with Gasteiger partial charge in [-0.1, -0.05) is 12.8 Å². The van der Waals surface area contributed by atoms with E-state index in [0.29, 0.717) is 11.7 Å². The van der Waals surface area contributed by atoms with Crippen molar-refractivity contribution >= 4 is 11.8 Å². The summed E-state index contributed by atoms with van der Waals surface area (Å²) in [6.07, 6.45) is 5.05. The molecule has 1 aliphatic carbocycles. The van der Waals surface area contributed by atoms with E-state index in [1.807, 2.05) is 6.07 Å². The molecule has 1 aliphatic heterocycles. The lowest BCUT2D eigenvalue weighted by molar-refractivity contribution is 0.122. The molecular weight excluding hydrogens is 242 g/mol. The first-order valence-corrected chi connectivity index (χ1v) is 7.05. The molecule has 3 N–H and O–H groups in total. The molecule has 1 aromatic heterocycles. The first-order chi connectivity index (χ1) is 9.36. The quantitative estimate of drug-likeness (QED) is 0.631. The summed E-state index contributed by atoms with van der Waals surface area (Å²) in [5.41, 5.74) is 3.79. The highest BCUT2D eigenvalue weighted by Gasteiger charge is 2.22. The fraction of sp³-hybridized carbons (Fsp3) is 0.692. The fourth-order valence-electron chi connectivity index (χ4n) is 2.86. The second kappa shape index (κ2) is 5.71. The Hall–Kier alpha value is -1.40. The molecule has 1 saturated carbocycles. The second-order valence-corrected chi connectivity index (χ2v) is 5.20. The molecule has 1 aromatic rings. The molecule has 0 atom stereocenters. The van der Waals surface area contributed by atoms with Crippen LogP contribution >= 0.6 is 0 Å². The fourth-order valence-corrected chi connectivity index (χ4v) is 2.86. The van der Waals surface area contributed by atoms with E-state index >= 15 is 0 Å². The van der Waals surface area contributed by atoms with E-state index < -0.39 is 0 Å². The molecule has 6 heteroatoms. The van der Waals surface area contributed by atoms with E-state index in [0.717, 1.165) is 37.9 Å². The van der Waals surface area contributed by atoms with E-state index in [4.69, 9.17) is 15.6 Å². The molecule has 6 nitrogen and oxygen atoms in total. The van der Waals surface area contributed by atoms with E-state index in [-0.39, 0.29) is 0 Å². The predicted octanol–water partition coefficient (Wildman–Crippen LogP) is 1.26. The van der Waals surface area contributed by atoms with Gasteiger partial charge in [-0.15, -0.1) is 0 Å². The number of hydrogen-bond donors (Lipinski definition) is 2. The van der Waals surface area contributed by atoms with E-state index in [1.165, 1.54) is 25.7 Å². The monoisotopic (exact) mass is 263 g/mol. The highest BCUT2D eigenvalue weighted by molar-refractivity contribution is 5.44. The Bertz CT molecular complexity index is 427. The van der Waals surface area contributed by atoms with Gasteiger partial charge in [0, 0.05) is 25.1 Å². The van der Waals surface area contributed by atoms with Crippen LogP contribution in [0, 0.1) is 0 Å². The molecule has 1 saturated heterocycles. The summed E-state index contributed by atoms with van der Waals surface area (Å²) >= 11 is 0. The lowest BCUT2D eigenvalue weighted by atomic mass is 10.0. The van der Waals surface area contributed by atoms with Gasteiger partial charge in [0.25, 0.3) is 0 Å². The molecule has 2 fully saturated rings. The number of nitrogen functional groups attached to an aromatic ring is 1. The average molecular weight is 263 g/mol. The minimum Gasteiger partial charge on any atom is -0.378 e. The van der Waals surface area contributed by atoms with Crippen molar-refractivity contribution in [3.63, 3.8) is 0 Å². The van der Waals surface area contributed by atoms with Crippen molar-refractivity contribution < 1.29 is 4.74 Å². The lowest BCUT2D eigenvalue weighted by Gasteiger charge is -2.27. The van der Waals surface area contributed by atoms with Crippen molar-refractivity contribution in [2.75, 3.05) is 36.6 Å². The molecule has 0 unspecified atom stereocenters. The molecule has 0 spiro atoms. The number of nitrogens with zero attached hydrogens (tertiary/aromatic N) is 3. The van der Waals surface area contributed by atoms with Gasteiger partial charge in [0.1, 0.15) is 5.82 Å². The lowest BCUT2D eigenvalue weighted by Crippen LogP contribution is -2.37. The summed E-state index contributed by atoms with van der Waals surface area (Å²) < 4.78 is 5.37. The van der Waals surface area contributed by atoms with E-state index in [9.17, 15) is 0 Å². The van der Waals surface area contributed by atoms with Gasteiger partial charge in [-0.3, -0.25) is 0 Å². The maximum Gasteiger partial charge on any atom is 0.227 e. The number of nitrogens with two attached hydrogens (primary N) is 1. The average Bonchev–Trinajstić information content (AvgIpc) is 3.02. The Balaban J connectivity index is 1.87. The van der Waals surface area contributed by atoms with Crippen LogP contribution in [0.2, 0.25) is 0 Å². The largest absolute Gasteiger partial charge is 0.378 e. The van der Waals surface area contributed by atoms with Crippen LogP contribution in [-0.2, 0) is 4.74 Å². The smallest absolute Gasteiger partial charge is 0.227 e. The minimum absolute atomic E-state index is 0.565. The maximum absolute atomic E-state index is 5.53. The third kappa shape index (κ3) is 2.79. The zero-order chi connectivity index (χ0) is 13.1. The highest BCUT2D eigenvalue weighted by atomic mass is 16.5. The Kier molecular flexibility index (Phi) is 3.79. The third-order valence-electron chi connectivity index (χ3n) is 3.95. The van der Waals surface area contributed by atoms with Gasteiger partial charge >= 0.3 is 0 Å². The number of nitrogens with one attached hydrogen (secondary N) is 1. The van der Waals surface area contributed by atoms with Crippen LogP contribution in [-0.4, -0.2) is 36.3 Å². The van der Waals surface area contributed by atoms with Crippen molar-refractivity contribution in [3.8, 4) is 0 Å². The van der Waals surface area contributed by atoms with Crippen LogP contribution in [0.1, 0.15) is 37.3 Å². The normalized spacial score (nSPS) is 20.8. The summed E-state index contributed by atoms with van der Waals surface area (Å²) in [5.74, 6) is 7.58. The molecule has 3 rings (SSSR count). The third-order valence-corrected chi connectivity index (χ3v) is 3.95. The summed E-state index contributed by atoms with van der Waals surface area (Å²) in [6, 6.07) is 1.99. The van der Waals surface area contributed by atoms with Crippen molar-refractivity contribution in [3.05, 3.63) is 11.8 Å². The molecule has 0 radical (unpaired) electrons. The van der Waals surface area contributed by atoms with Gasteiger partial charge in [0.05, 0.1) is 18.9 Å². The molecular formula is C13H21N5O. The summed E-state index contributed by atoms with van der Waals surface area (Å²) in [7, 11) is 0. The predicted molar refractivity (Wildman–Crippen MR) is 74.1 cm³/mol. The number of hydrogen-bond acceptors (Lipinski definition) is 6. The summed E-state index contributed by atoms with van der Waals surface area (Å²) in [6.45, 7) is 3.17. The van der Waals surface area contributed by atoms with Gasteiger partial charge in [-0.2, -0.15) is 4.98 Å². The Labute approximate surface area is 113 Å². The Morgan fingerprint density at radius 3 is 2.63 bits per heavy atom. The van der Waals surface area contributed by atoms with E-state index in [2.05, 4.69) is 15.3 Å². The highest BCUT2D eigenvalue weighted by Crippen LogP contribution is 2.34. The van der Waals surface area contributed by atoms with Crippen LogP contribution in [0.4, 0.5) is 11.8 Å². The standard InChI is InChI=1S/C13H21N5O/c14-17-12-9-11(10-3-1-2-4-10)15-13(16-12)18-5-7-19-8-6-18/h9-10H,1-8,14H2,(H,15,16,17). The number of ether oxygens (including phenoxy) is 1. The topological polar surface area (TPSA) is 76.3 Å². The van der Waals surface area contributed by atoms with Gasteiger partial charge < -0.3 is 15.1 Å². The van der Waals surface area contributed by atoms with Crippen LogP contribution in [0.5, 0.6) is 0 Å². The van der Waals surface area contributed by atoms with Crippen molar-refractivity contribution in [2.45, 2.75) is 31.6 Å². The van der Waals surface area contributed by atoms with Crippen LogP contribution < -0.4 is 16.2 Å². The Morgan fingerprint density at radius 2 is 1.95 bits per heavy atom. The van der Waals surface area contributed by atoms with Gasteiger partial charge in [0.15, 0.2) is 0 Å². The number of aromatic nitrogens is 2. The minimum atomic E-state index is 0.565. The maximum atomic E-state index is 5.53. The van der Waals surface area contributed by atoms with Gasteiger partial charge in [-0.25, -0.2) is 10.8 Å². The molecule has 0 bridgehead atoms. The zero-order valence-electron chi connectivity index (χ0n) is 11.1. The summed E-state index contributed by atoms with van der Waals surface area (Å²) in [5, 5.41) is 0. The van der Waals surface area contributed by atoms with Crippen LogP contribution in [0.15, 0.2) is 6.07 Å².